The summed E-state index contributed by atoms with van der Waals surface area (Å²) in [6, 6.07) is 11.4. The maximum Gasteiger partial charge on any atom is 0.338 e. The number of nitrogens with one attached hydrogen (secondary N) is 1. The summed E-state index contributed by atoms with van der Waals surface area (Å²) in [7, 11) is -3.66. The number of ether oxygens (including phenoxy) is 1. The van der Waals surface area contributed by atoms with Gasteiger partial charge < -0.3 is 4.74 Å². The van der Waals surface area contributed by atoms with Crippen molar-refractivity contribution in [2.75, 3.05) is 6.61 Å². The number of carbonyl (C=O) groups excluding carboxylic acids is 1. The van der Waals surface area contributed by atoms with Gasteiger partial charge in [0.2, 0.25) is 10.0 Å². The van der Waals surface area contributed by atoms with Crippen molar-refractivity contribution in [1.82, 2.24) is 4.72 Å². The van der Waals surface area contributed by atoms with Crippen molar-refractivity contribution in [3.8, 4) is 0 Å². The Morgan fingerprint density at radius 2 is 1.88 bits per heavy atom. The third-order valence-electron chi connectivity index (χ3n) is 4.08. The lowest BCUT2D eigenvalue weighted by atomic mass is 9.85. The van der Waals surface area contributed by atoms with Gasteiger partial charge in [-0.15, -0.1) is 0 Å². The van der Waals surface area contributed by atoms with Crippen molar-refractivity contribution >= 4 is 27.6 Å². The minimum absolute atomic E-state index is 0.160. The average Bonchev–Trinajstić information content (AvgIpc) is 2.75. The molecule has 1 heterocycles. The first-order chi connectivity index (χ1) is 11.3. The van der Waals surface area contributed by atoms with E-state index in [0.29, 0.717) is 16.1 Å². The van der Waals surface area contributed by atoms with Crippen LogP contribution in [-0.4, -0.2) is 21.0 Å². The number of rotatable bonds is 3. The predicted molar refractivity (Wildman–Crippen MR) is 90.6 cm³/mol. The number of esters is 1. The lowest BCUT2D eigenvalue weighted by molar-refractivity contribution is 0.0526. The zero-order chi connectivity index (χ0) is 17.5. The molecule has 2 aromatic carbocycles. The van der Waals surface area contributed by atoms with E-state index in [1.54, 1.807) is 44.2 Å². The maximum atomic E-state index is 12.5. The topological polar surface area (TPSA) is 72.5 Å². The van der Waals surface area contributed by atoms with Crippen LogP contribution in [0.25, 0.3) is 0 Å². The van der Waals surface area contributed by atoms with Crippen molar-refractivity contribution < 1.29 is 17.9 Å². The second-order valence-corrected chi connectivity index (χ2v) is 7.76. The molecule has 1 atom stereocenters. The van der Waals surface area contributed by atoms with Gasteiger partial charge in [-0.2, -0.15) is 4.72 Å². The van der Waals surface area contributed by atoms with Gasteiger partial charge in [0.1, 0.15) is 0 Å². The molecule has 5 nitrogen and oxygen atoms in total. The molecule has 1 aliphatic rings. The summed E-state index contributed by atoms with van der Waals surface area (Å²) in [6.45, 7) is 3.73. The van der Waals surface area contributed by atoms with E-state index in [0.717, 1.165) is 5.56 Å². The molecule has 126 valence electrons. The van der Waals surface area contributed by atoms with E-state index in [4.69, 9.17) is 16.3 Å². The molecule has 0 aliphatic carbocycles. The molecule has 0 bridgehead atoms. The smallest absolute Gasteiger partial charge is 0.338 e. The molecule has 0 saturated carbocycles. The van der Waals surface area contributed by atoms with Crippen LogP contribution in [0.2, 0.25) is 5.02 Å². The molecule has 1 N–H and O–H groups in total. The van der Waals surface area contributed by atoms with Gasteiger partial charge in [0.25, 0.3) is 0 Å². The summed E-state index contributed by atoms with van der Waals surface area (Å²) in [5, 5.41) is 0.559. The van der Waals surface area contributed by atoms with E-state index in [9.17, 15) is 13.2 Å². The van der Waals surface area contributed by atoms with Gasteiger partial charge >= 0.3 is 5.97 Å². The van der Waals surface area contributed by atoms with Gasteiger partial charge in [-0.1, -0.05) is 23.7 Å². The Morgan fingerprint density at radius 1 is 1.21 bits per heavy atom. The van der Waals surface area contributed by atoms with E-state index in [1.807, 2.05) is 0 Å². The van der Waals surface area contributed by atoms with Crippen molar-refractivity contribution in [2.24, 2.45) is 0 Å². The van der Waals surface area contributed by atoms with Crippen LogP contribution < -0.4 is 4.72 Å². The fourth-order valence-electron chi connectivity index (χ4n) is 2.87. The maximum absolute atomic E-state index is 12.5. The Kier molecular flexibility index (Phi) is 4.15. The van der Waals surface area contributed by atoms with Crippen LogP contribution in [0.3, 0.4) is 0 Å². The van der Waals surface area contributed by atoms with Crippen molar-refractivity contribution in [3.63, 3.8) is 0 Å². The SMILES string of the molecule is CCOC(=O)c1ccc2c(c1)[C@@](C)(c1ccc(Cl)cc1)NS2(=O)=O. The van der Waals surface area contributed by atoms with E-state index in [-0.39, 0.29) is 11.5 Å². The first-order valence-electron chi connectivity index (χ1n) is 7.39. The number of fused-ring (bicyclic) bond motifs is 1. The summed E-state index contributed by atoms with van der Waals surface area (Å²) in [5.41, 5.74) is 0.571. The van der Waals surface area contributed by atoms with Gasteiger partial charge in [0, 0.05) is 5.02 Å². The molecule has 1 aliphatic heterocycles. The van der Waals surface area contributed by atoms with Crippen LogP contribution in [0.15, 0.2) is 47.4 Å². The average molecular weight is 366 g/mol. The molecule has 0 fully saturated rings. The Bertz CT molecular complexity index is 909. The fourth-order valence-corrected chi connectivity index (χ4v) is 4.67. The zero-order valence-corrected chi connectivity index (χ0v) is 14.7. The molecule has 24 heavy (non-hydrogen) atoms. The molecular weight excluding hydrogens is 350 g/mol. The number of halogens is 1. The molecule has 0 aromatic heterocycles. The summed E-state index contributed by atoms with van der Waals surface area (Å²) < 4.78 is 32.6. The molecular formula is C17H16ClNO4S. The number of benzene rings is 2. The molecule has 0 radical (unpaired) electrons. The van der Waals surface area contributed by atoms with Crippen molar-refractivity contribution in [2.45, 2.75) is 24.3 Å². The van der Waals surface area contributed by atoms with E-state index in [2.05, 4.69) is 4.72 Å². The second-order valence-electron chi connectivity index (χ2n) is 5.67. The van der Waals surface area contributed by atoms with Gasteiger partial charge in [-0.3, -0.25) is 0 Å². The third-order valence-corrected chi connectivity index (χ3v) is 5.94. The summed E-state index contributed by atoms with van der Waals surface area (Å²) in [6.07, 6.45) is 0. The minimum atomic E-state index is -3.66. The van der Waals surface area contributed by atoms with Gasteiger partial charge in [0.15, 0.2) is 0 Å². The second kappa shape index (κ2) is 5.88. The molecule has 3 rings (SSSR count). The quantitative estimate of drug-likeness (QED) is 0.848. The Hall–Kier alpha value is -1.89. The fraction of sp³-hybridized carbons (Fsp3) is 0.235. The highest BCUT2D eigenvalue weighted by Gasteiger charge is 2.44. The van der Waals surface area contributed by atoms with E-state index in [1.165, 1.54) is 12.1 Å². The lowest BCUT2D eigenvalue weighted by Gasteiger charge is -2.25. The number of hydrogen-bond acceptors (Lipinski definition) is 4. The molecule has 0 unspecified atom stereocenters. The first kappa shape index (κ1) is 17.0. The van der Waals surface area contributed by atoms with Gasteiger partial charge in [-0.05, 0) is 55.3 Å². The summed E-state index contributed by atoms with van der Waals surface area (Å²) >= 11 is 5.92. The molecule has 0 saturated heterocycles. The van der Waals surface area contributed by atoms with Crippen LogP contribution in [0.5, 0.6) is 0 Å². The molecule has 0 amide bonds. The molecule has 2 aromatic rings. The summed E-state index contributed by atoms with van der Waals surface area (Å²) in [5.74, 6) is -0.483. The van der Waals surface area contributed by atoms with Crippen LogP contribution in [0.4, 0.5) is 0 Å². The number of sulfonamides is 1. The van der Waals surface area contributed by atoms with Crippen LogP contribution in [0, 0.1) is 0 Å². The predicted octanol–water partition coefficient (Wildman–Crippen LogP) is 3.07. The third kappa shape index (κ3) is 2.70. The normalized spacial score (nSPS) is 21.3. The Labute approximate surface area is 145 Å². The highest BCUT2D eigenvalue weighted by molar-refractivity contribution is 7.89. The number of carbonyl (C=O) groups is 1. The van der Waals surface area contributed by atoms with E-state index >= 15 is 0 Å². The van der Waals surface area contributed by atoms with Crippen LogP contribution in [0.1, 0.15) is 35.3 Å². The monoisotopic (exact) mass is 365 g/mol. The van der Waals surface area contributed by atoms with Crippen molar-refractivity contribution in [3.05, 3.63) is 64.2 Å². The Balaban J connectivity index is 2.18. The van der Waals surface area contributed by atoms with Gasteiger partial charge in [-0.25, -0.2) is 13.2 Å². The first-order valence-corrected chi connectivity index (χ1v) is 9.26. The van der Waals surface area contributed by atoms with Crippen molar-refractivity contribution in [1.29, 1.82) is 0 Å². The zero-order valence-electron chi connectivity index (χ0n) is 13.2. The highest BCUT2D eigenvalue weighted by atomic mass is 35.5. The van der Waals surface area contributed by atoms with Crippen LogP contribution in [-0.2, 0) is 20.3 Å². The molecule has 0 spiro atoms. The largest absolute Gasteiger partial charge is 0.462 e. The molecule has 7 heteroatoms. The van der Waals surface area contributed by atoms with Gasteiger partial charge in [0.05, 0.1) is 22.6 Å². The summed E-state index contributed by atoms with van der Waals surface area (Å²) in [4.78, 5) is 12.1. The lowest BCUT2D eigenvalue weighted by Crippen LogP contribution is -2.37. The Morgan fingerprint density at radius 3 is 2.50 bits per heavy atom. The highest BCUT2D eigenvalue weighted by Crippen LogP contribution is 2.41. The minimum Gasteiger partial charge on any atom is -0.462 e. The van der Waals surface area contributed by atoms with Crippen LogP contribution >= 0.6 is 11.6 Å². The van der Waals surface area contributed by atoms with E-state index < -0.39 is 21.5 Å². The number of hydrogen-bond donors (Lipinski definition) is 1. The standard InChI is InChI=1S/C17H16ClNO4S/c1-3-23-16(20)11-4-9-15-14(10-11)17(2,19-24(15,21)22)12-5-7-13(18)8-6-12/h4-10,19H,3H2,1-2H3/t17-/m1/s1.